The van der Waals surface area contributed by atoms with Crippen molar-refractivity contribution >= 4 is 17.3 Å². The Labute approximate surface area is 121 Å². The minimum atomic E-state index is -0.400. The van der Waals surface area contributed by atoms with Gasteiger partial charge in [0.25, 0.3) is 0 Å². The molecule has 2 aromatic heterocycles. The number of ether oxygens (including phenoxy) is 1. The summed E-state index contributed by atoms with van der Waals surface area (Å²) in [7, 11) is 0. The number of thiophene rings is 1. The number of aryl methyl sites for hydroxylation is 1. The number of rotatable bonds is 5. The number of oxazole rings is 1. The average Bonchev–Trinajstić information content (AvgIpc) is 3.03. The van der Waals surface area contributed by atoms with Crippen molar-refractivity contribution in [3.05, 3.63) is 28.5 Å². The molecule has 0 saturated heterocycles. The zero-order valence-electron chi connectivity index (χ0n) is 11.6. The van der Waals surface area contributed by atoms with Gasteiger partial charge < -0.3 is 9.15 Å². The summed E-state index contributed by atoms with van der Waals surface area (Å²) >= 11 is 1.60. The maximum Gasteiger partial charge on any atom is 0.376 e. The molecule has 2 aromatic rings. The molecule has 1 aliphatic carbocycles. The van der Waals surface area contributed by atoms with Gasteiger partial charge in [-0.1, -0.05) is 6.92 Å². The number of aromatic nitrogens is 1. The number of esters is 1. The van der Waals surface area contributed by atoms with Crippen LogP contribution in [0, 0.1) is 0 Å². The molecule has 5 heteroatoms. The van der Waals surface area contributed by atoms with Crippen LogP contribution in [0.2, 0.25) is 0 Å². The minimum absolute atomic E-state index is 0.291. The fourth-order valence-electron chi connectivity index (χ4n) is 2.21. The molecule has 0 amide bonds. The van der Waals surface area contributed by atoms with Crippen LogP contribution in [-0.2, 0) is 11.2 Å². The Morgan fingerprint density at radius 1 is 1.50 bits per heavy atom. The smallest absolute Gasteiger partial charge is 0.376 e. The van der Waals surface area contributed by atoms with E-state index in [9.17, 15) is 4.79 Å². The third kappa shape index (κ3) is 2.38. The minimum Gasteiger partial charge on any atom is -0.460 e. The summed E-state index contributed by atoms with van der Waals surface area (Å²) < 4.78 is 10.8. The van der Waals surface area contributed by atoms with E-state index >= 15 is 0 Å². The summed E-state index contributed by atoms with van der Waals surface area (Å²) in [5, 5.41) is 2.03. The second kappa shape index (κ2) is 5.40. The first-order valence-electron chi connectivity index (χ1n) is 6.99. The van der Waals surface area contributed by atoms with Crippen LogP contribution in [0.1, 0.15) is 54.4 Å². The van der Waals surface area contributed by atoms with Crippen LogP contribution in [0.4, 0.5) is 0 Å². The molecule has 0 unspecified atom stereocenters. The van der Waals surface area contributed by atoms with E-state index in [2.05, 4.69) is 18.0 Å². The quantitative estimate of drug-likeness (QED) is 0.781. The molecule has 0 spiro atoms. The van der Waals surface area contributed by atoms with E-state index in [4.69, 9.17) is 9.15 Å². The molecule has 0 atom stereocenters. The molecule has 1 fully saturated rings. The van der Waals surface area contributed by atoms with Crippen LogP contribution in [0.5, 0.6) is 0 Å². The first-order chi connectivity index (χ1) is 9.74. The third-order valence-electron chi connectivity index (χ3n) is 3.40. The van der Waals surface area contributed by atoms with Gasteiger partial charge in [0.1, 0.15) is 0 Å². The summed E-state index contributed by atoms with van der Waals surface area (Å²) in [6.45, 7) is 4.24. The Morgan fingerprint density at radius 3 is 2.95 bits per heavy atom. The van der Waals surface area contributed by atoms with E-state index in [-0.39, 0.29) is 0 Å². The Kier molecular flexibility index (Phi) is 3.61. The second-order valence-electron chi connectivity index (χ2n) is 4.86. The molecule has 4 nitrogen and oxygen atoms in total. The maximum atomic E-state index is 12.0. The second-order valence-corrected chi connectivity index (χ2v) is 5.77. The number of nitrogens with zero attached hydrogens (tertiary/aromatic N) is 1. The van der Waals surface area contributed by atoms with Gasteiger partial charge in [0.15, 0.2) is 0 Å². The first kappa shape index (κ1) is 13.4. The van der Waals surface area contributed by atoms with E-state index in [0.29, 0.717) is 24.2 Å². The molecule has 1 saturated carbocycles. The molecule has 3 rings (SSSR count). The highest BCUT2D eigenvalue weighted by atomic mass is 32.1. The van der Waals surface area contributed by atoms with Crippen LogP contribution >= 0.6 is 11.3 Å². The van der Waals surface area contributed by atoms with Gasteiger partial charge >= 0.3 is 5.97 Å². The lowest BCUT2D eigenvalue weighted by Crippen LogP contribution is -2.05. The lowest BCUT2D eigenvalue weighted by atomic mass is 10.2. The molecule has 20 heavy (non-hydrogen) atoms. The van der Waals surface area contributed by atoms with Crippen molar-refractivity contribution in [2.24, 2.45) is 0 Å². The fraction of sp³-hybridized carbons (Fsp3) is 0.467. The van der Waals surface area contributed by atoms with Crippen molar-refractivity contribution in [3.8, 4) is 10.8 Å². The van der Waals surface area contributed by atoms with Crippen molar-refractivity contribution in [2.75, 3.05) is 6.61 Å². The maximum absolute atomic E-state index is 12.0. The molecule has 106 valence electrons. The first-order valence-corrected chi connectivity index (χ1v) is 7.87. The van der Waals surface area contributed by atoms with E-state index < -0.39 is 5.97 Å². The summed E-state index contributed by atoms with van der Waals surface area (Å²) in [6.07, 6.45) is 3.07. The van der Waals surface area contributed by atoms with Crippen molar-refractivity contribution in [1.29, 1.82) is 0 Å². The zero-order valence-corrected chi connectivity index (χ0v) is 12.5. The summed E-state index contributed by atoms with van der Waals surface area (Å²) in [6, 6.07) is 2.07. The normalized spacial score (nSPS) is 14.5. The number of hydrogen-bond acceptors (Lipinski definition) is 5. The van der Waals surface area contributed by atoms with Crippen LogP contribution in [0.15, 0.2) is 15.9 Å². The summed E-state index contributed by atoms with van der Waals surface area (Å²) in [5.41, 5.74) is 1.97. The Bertz CT molecular complexity index is 625. The molecule has 2 heterocycles. The van der Waals surface area contributed by atoms with Crippen molar-refractivity contribution < 1.29 is 13.9 Å². The molecule has 0 radical (unpaired) electrons. The Hall–Kier alpha value is -1.62. The van der Waals surface area contributed by atoms with Gasteiger partial charge in [0, 0.05) is 5.92 Å². The van der Waals surface area contributed by atoms with E-state index in [1.807, 2.05) is 5.38 Å². The largest absolute Gasteiger partial charge is 0.460 e. The van der Waals surface area contributed by atoms with E-state index in [1.165, 1.54) is 5.56 Å². The predicted octanol–water partition coefficient (Wildman–Crippen LogP) is 4.02. The van der Waals surface area contributed by atoms with Crippen LogP contribution < -0.4 is 0 Å². The van der Waals surface area contributed by atoms with Gasteiger partial charge in [-0.3, -0.25) is 0 Å². The van der Waals surface area contributed by atoms with Crippen LogP contribution in [0.3, 0.4) is 0 Å². The summed E-state index contributed by atoms with van der Waals surface area (Å²) in [5.74, 6) is 0.807. The lowest BCUT2D eigenvalue weighted by molar-refractivity contribution is 0.0489. The van der Waals surface area contributed by atoms with Crippen molar-refractivity contribution in [2.45, 2.75) is 39.0 Å². The predicted molar refractivity (Wildman–Crippen MR) is 77.1 cm³/mol. The lowest BCUT2D eigenvalue weighted by Gasteiger charge is -1.99. The van der Waals surface area contributed by atoms with Crippen molar-refractivity contribution in [3.63, 3.8) is 0 Å². The average molecular weight is 291 g/mol. The highest BCUT2D eigenvalue weighted by Gasteiger charge is 2.34. The van der Waals surface area contributed by atoms with Crippen LogP contribution in [0.25, 0.3) is 10.8 Å². The fourth-order valence-corrected chi connectivity index (χ4v) is 3.13. The van der Waals surface area contributed by atoms with E-state index in [0.717, 1.165) is 29.8 Å². The Balaban J connectivity index is 2.01. The van der Waals surface area contributed by atoms with Gasteiger partial charge in [-0.05, 0) is 43.2 Å². The van der Waals surface area contributed by atoms with Gasteiger partial charge in [-0.15, -0.1) is 11.3 Å². The van der Waals surface area contributed by atoms with Crippen LogP contribution in [-0.4, -0.2) is 17.6 Å². The van der Waals surface area contributed by atoms with Crippen molar-refractivity contribution in [1.82, 2.24) is 4.98 Å². The molecule has 0 aliphatic heterocycles. The highest BCUT2D eigenvalue weighted by molar-refractivity contribution is 7.13. The highest BCUT2D eigenvalue weighted by Crippen LogP contribution is 2.43. The summed E-state index contributed by atoms with van der Waals surface area (Å²) in [4.78, 5) is 17.6. The van der Waals surface area contributed by atoms with E-state index in [1.54, 1.807) is 18.3 Å². The third-order valence-corrected chi connectivity index (χ3v) is 4.34. The molecule has 0 N–H and O–H groups in total. The Morgan fingerprint density at radius 2 is 2.30 bits per heavy atom. The van der Waals surface area contributed by atoms with Gasteiger partial charge in [-0.2, -0.15) is 0 Å². The molecular formula is C15H17NO3S. The molecular weight excluding hydrogens is 274 g/mol. The topological polar surface area (TPSA) is 52.3 Å². The number of hydrogen-bond donors (Lipinski definition) is 0. The number of carbonyl (C=O) groups excluding carboxylic acids is 1. The molecule has 0 bridgehead atoms. The standard InChI is InChI=1S/C15H17NO3S/c1-3-9-7-8-20-13(9)14-16-11(10-5-6-10)12(19-14)15(17)18-4-2/h7-8,10H,3-6H2,1-2H3. The SMILES string of the molecule is CCOC(=O)c1oc(-c2sccc2CC)nc1C1CC1. The monoisotopic (exact) mass is 291 g/mol. The molecule has 1 aliphatic rings. The van der Waals surface area contributed by atoms with Gasteiger partial charge in [-0.25, -0.2) is 9.78 Å². The number of carbonyl (C=O) groups is 1. The zero-order chi connectivity index (χ0) is 14.1. The van der Waals surface area contributed by atoms with Gasteiger partial charge in [0.05, 0.1) is 17.2 Å². The van der Waals surface area contributed by atoms with Gasteiger partial charge in [0.2, 0.25) is 11.7 Å². The molecule has 0 aromatic carbocycles.